The lowest BCUT2D eigenvalue weighted by molar-refractivity contribution is 0.102. The van der Waals surface area contributed by atoms with Gasteiger partial charge >= 0.3 is 0 Å². The zero-order chi connectivity index (χ0) is 26.3. The van der Waals surface area contributed by atoms with Gasteiger partial charge in [0.05, 0.1) is 12.8 Å². The van der Waals surface area contributed by atoms with Crippen molar-refractivity contribution >= 4 is 23.4 Å². The first-order valence-electron chi connectivity index (χ1n) is 12.3. The maximum Gasteiger partial charge on any atom is 0.255 e. The van der Waals surface area contributed by atoms with Crippen LogP contribution in [-0.2, 0) is 12.2 Å². The van der Waals surface area contributed by atoms with Crippen LogP contribution in [0.4, 0.5) is 5.69 Å². The molecule has 38 heavy (non-hydrogen) atoms. The Bertz CT molecular complexity index is 1510. The molecule has 0 aliphatic carbocycles. The number of aryl methyl sites for hydroxylation is 1. The van der Waals surface area contributed by atoms with E-state index >= 15 is 0 Å². The molecule has 0 spiro atoms. The molecule has 5 aromatic rings. The van der Waals surface area contributed by atoms with Crippen LogP contribution in [0.2, 0.25) is 0 Å². The maximum absolute atomic E-state index is 12.7. The van der Waals surface area contributed by atoms with Gasteiger partial charge in [-0.1, -0.05) is 72.4 Å². The van der Waals surface area contributed by atoms with Crippen molar-refractivity contribution in [3.63, 3.8) is 0 Å². The first kappa shape index (κ1) is 25.3. The Hall–Kier alpha value is -4.36. The molecule has 0 unspecified atom stereocenters. The molecule has 7 heteroatoms. The Labute approximate surface area is 226 Å². The molecule has 1 aromatic heterocycles. The largest absolute Gasteiger partial charge is 0.497 e. The summed E-state index contributed by atoms with van der Waals surface area (Å²) in [7, 11) is 1.61. The fraction of sp³-hybridized carbons (Fsp3) is 0.129. The second kappa shape index (κ2) is 11.8. The predicted molar refractivity (Wildman–Crippen MR) is 152 cm³/mol. The van der Waals surface area contributed by atoms with Gasteiger partial charge in [0.1, 0.15) is 11.6 Å². The van der Waals surface area contributed by atoms with E-state index in [0.717, 1.165) is 39.2 Å². The van der Waals surface area contributed by atoms with Gasteiger partial charge in [0.25, 0.3) is 5.91 Å². The molecule has 1 amide bonds. The maximum atomic E-state index is 12.7. The molecule has 1 N–H and O–H groups in total. The standard InChI is InChI=1S/C31H28N4O2S/c1-22-8-6-7-11-28(22)35-29(20-23-9-4-3-5-10-23)33-34-31(35)38-21-24-12-14-25(15-13-24)30(36)32-26-16-18-27(37-2)19-17-26/h3-19H,20-21H2,1-2H3,(H,32,36). The van der Waals surface area contributed by atoms with Crippen LogP contribution in [0.25, 0.3) is 5.69 Å². The molecular formula is C31H28N4O2S. The minimum Gasteiger partial charge on any atom is -0.497 e. The number of nitrogens with one attached hydrogen (secondary N) is 1. The molecular weight excluding hydrogens is 492 g/mol. The summed E-state index contributed by atoms with van der Waals surface area (Å²) in [6.07, 6.45) is 0.695. The SMILES string of the molecule is COc1ccc(NC(=O)c2ccc(CSc3nnc(Cc4ccccc4)n3-c3ccccc3C)cc2)cc1. The van der Waals surface area contributed by atoms with Gasteiger partial charge in [-0.2, -0.15) is 0 Å². The average Bonchev–Trinajstić information content (AvgIpc) is 3.35. The van der Waals surface area contributed by atoms with E-state index in [1.165, 1.54) is 5.56 Å². The number of anilines is 1. The van der Waals surface area contributed by atoms with Gasteiger partial charge in [0.15, 0.2) is 5.16 Å². The van der Waals surface area contributed by atoms with E-state index in [-0.39, 0.29) is 5.91 Å². The van der Waals surface area contributed by atoms with Crippen LogP contribution in [0, 0.1) is 6.92 Å². The van der Waals surface area contributed by atoms with Crippen molar-refractivity contribution < 1.29 is 9.53 Å². The normalized spacial score (nSPS) is 10.8. The lowest BCUT2D eigenvalue weighted by atomic mass is 10.1. The molecule has 0 atom stereocenters. The van der Waals surface area contributed by atoms with E-state index in [1.807, 2.05) is 78.9 Å². The third-order valence-electron chi connectivity index (χ3n) is 6.19. The van der Waals surface area contributed by atoms with Gasteiger partial charge in [-0.3, -0.25) is 9.36 Å². The Kier molecular flexibility index (Phi) is 7.85. The lowest BCUT2D eigenvalue weighted by Gasteiger charge is -2.13. The van der Waals surface area contributed by atoms with E-state index in [4.69, 9.17) is 4.74 Å². The monoisotopic (exact) mass is 520 g/mol. The van der Waals surface area contributed by atoms with E-state index in [1.54, 1.807) is 18.9 Å². The van der Waals surface area contributed by atoms with Gasteiger partial charge in [-0.25, -0.2) is 0 Å². The molecule has 0 aliphatic heterocycles. The van der Waals surface area contributed by atoms with Crippen LogP contribution < -0.4 is 10.1 Å². The van der Waals surface area contributed by atoms with E-state index < -0.39 is 0 Å². The lowest BCUT2D eigenvalue weighted by Crippen LogP contribution is -2.11. The molecule has 0 saturated carbocycles. The molecule has 0 saturated heterocycles. The molecule has 0 radical (unpaired) electrons. The number of thioether (sulfide) groups is 1. The summed E-state index contributed by atoms with van der Waals surface area (Å²) in [5.74, 6) is 2.20. The van der Waals surface area contributed by atoms with Gasteiger partial charge in [-0.15, -0.1) is 10.2 Å². The van der Waals surface area contributed by atoms with Crippen LogP contribution in [0.5, 0.6) is 5.75 Å². The predicted octanol–water partition coefficient (Wildman–Crippen LogP) is 6.72. The fourth-order valence-corrected chi connectivity index (χ4v) is 5.04. The number of nitrogens with zero attached hydrogens (tertiary/aromatic N) is 3. The Balaban J connectivity index is 1.30. The highest BCUT2D eigenvalue weighted by Gasteiger charge is 2.17. The van der Waals surface area contributed by atoms with Crippen molar-refractivity contribution in [3.05, 3.63) is 131 Å². The van der Waals surface area contributed by atoms with Crippen molar-refractivity contribution in [1.82, 2.24) is 14.8 Å². The van der Waals surface area contributed by atoms with Gasteiger partial charge in [-0.05, 0) is 66.1 Å². The van der Waals surface area contributed by atoms with Gasteiger partial charge in [0, 0.05) is 23.4 Å². The Morgan fingerprint density at radius 2 is 1.55 bits per heavy atom. The van der Waals surface area contributed by atoms with Crippen LogP contribution in [0.1, 0.15) is 32.9 Å². The molecule has 1 heterocycles. The number of hydrogen-bond donors (Lipinski definition) is 1. The van der Waals surface area contributed by atoms with E-state index in [0.29, 0.717) is 17.7 Å². The number of methoxy groups -OCH3 is 1. The number of amides is 1. The zero-order valence-corrected chi connectivity index (χ0v) is 22.1. The topological polar surface area (TPSA) is 69.0 Å². The van der Waals surface area contributed by atoms with Crippen molar-refractivity contribution in [2.45, 2.75) is 24.3 Å². The summed E-state index contributed by atoms with van der Waals surface area (Å²) in [5.41, 5.74) is 5.85. The van der Waals surface area contributed by atoms with Crippen molar-refractivity contribution in [2.24, 2.45) is 0 Å². The first-order valence-corrected chi connectivity index (χ1v) is 13.3. The summed E-state index contributed by atoms with van der Waals surface area (Å²) in [4.78, 5) is 12.7. The van der Waals surface area contributed by atoms with E-state index in [9.17, 15) is 4.79 Å². The number of hydrogen-bond acceptors (Lipinski definition) is 5. The second-order valence-electron chi connectivity index (χ2n) is 8.85. The van der Waals surface area contributed by atoms with Crippen molar-refractivity contribution in [1.29, 1.82) is 0 Å². The average molecular weight is 521 g/mol. The second-order valence-corrected chi connectivity index (χ2v) is 9.79. The van der Waals surface area contributed by atoms with Crippen LogP contribution in [0.3, 0.4) is 0 Å². The minimum atomic E-state index is -0.154. The third kappa shape index (κ3) is 5.95. The number of carbonyl (C=O) groups is 1. The molecule has 190 valence electrons. The number of para-hydroxylation sites is 1. The Morgan fingerprint density at radius 1 is 0.842 bits per heavy atom. The number of benzene rings is 4. The van der Waals surface area contributed by atoms with E-state index in [2.05, 4.69) is 51.3 Å². The van der Waals surface area contributed by atoms with Crippen LogP contribution in [-0.4, -0.2) is 27.8 Å². The quantitative estimate of drug-likeness (QED) is 0.219. The first-order chi connectivity index (χ1) is 18.6. The smallest absolute Gasteiger partial charge is 0.255 e. The fourth-order valence-electron chi connectivity index (χ4n) is 4.12. The highest BCUT2D eigenvalue weighted by molar-refractivity contribution is 7.98. The van der Waals surface area contributed by atoms with Gasteiger partial charge < -0.3 is 10.1 Å². The molecule has 5 rings (SSSR count). The Morgan fingerprint density at radius 3 is 2.26 bits per heavy atom. The zero-order valence-electron chi connectivity index (χ0n) is 21.3. The summed E-state index contributed by atoms with van der Waals surface area (Å²) < 4.78 is 7.32. The van der Waals surface area contributed by atoms with Crippen LogP contribution in [0.15, 0.2) is 108 Å². The van der Waals surface area contributed by atoms with Crippen molar-refractivity contribution in [2.75, 3.05) is 12.4 Å². The summed E-state index contributed by atoms with van der Waals surface area (Å²) in [5, 5.41) is 12.9. The molecule has 0 fully saturated rings. The number of rotatable bonds is 9. The van der Waals surface area contributed by atoms with Crippen LogP contribution >= 0.6 is 11.8 Å². The summed E-state index contributed by atoms with van der Waals surface area (Å²) in [6, 6.07) is 33.5. The molecule has 4 aromatic carbocycles. The summed E-state index contributed by atoms with van der Waals surface area (Å²) in [6.45, 7) is 2.10. The number of ether oxygens (including phenoxy) is 1. The molecule has 0 bridgehead atoms. The number of carbonyl (C=O) groups excluding carboxylic acids is 1. The highest BCUT2D eigenvalue weighted by Crippen LogP contribution is 2.28. The molecule has 6 nitrogen and oxygen atoms in total. The molecule has 0 aliphatic rings. The third-order valence-corrected chi connectivity index (χ3v) is 7.19. The van der Waals surface area contributed by atoms with Gasteiger partial charge in [0.2, 0.25) is 0 Å². The summed E-state index contributed by atoms with van der Waals surface area (Å²) >= 11 is 1.63. The minimum absolute atomic E-state index is 0.154. The van der Waals surface area contributed by atoms with Crippen molar-refractivity contribution in [3.8, 4) is 11.4 Å². The highest BCUT2D eigenvalue weighted by atomic mass is 32.2. The number of aromatic nitrogens is 3.